The Morgan fingerprint density at radius 1 is 1.42 bits per heavy atom. The third-order valence-electron chi connectivity index (χ3n) is 5.17. The van der Waals surface area contributed by atoms with Gasteiger partial charge < -0.3 is 5.32 Å². The molecule has 1 saturated heterocycles. The van der Waals surface area contributed by atoms with E-state index in [2.05, 4.69) is 43.6 Å². The molecule has 3 rings (SSSR count). The highest BCUT2D eigenvalue weighted by Gasteiger charge is 2.48. The van der Waals surface area contributed by atoms with Gasteiger partial charge in [-0.05, 0) is 48.3 Å². The number of hydrogen-bond acceptors (Lipinski definition) is 2. The molecule has 1 heterocycles. The number of piperidine rings is 1. The van der Waals surface area contributed by atoms with Gasteiger partial charge in [0.1, 0.15) is 0 Å². The van der Waals surface area contributed by atoms with Gasteiger partial charge in [0, 0.05) is 22.8 Å². The number of hydrogen-bond donors (Lipinski definition) is 1. The van der Waals surface area contributed by atoms with Crippen LogP contribution in [0.4, 0.5) is 0 Å². The van der Waals surface area contributed by atoms with Crippen molar-refractivity contribution in [3.63, 3.8) is 0 Å². The van der Waals surface area contributed by atoms with Gasteiger partial charge in [-0.1, -0.05) is 19.9 Å². The molecule has 1 aliphatic heterocycles. The summed E-state index contributed by atoms with van der Waals surface area (Å²) in [5.41, 5.74) is 3.03. The van der Waals surface area contributed by atoms with E-state index in [1.807, 2.05) is 0 Å². The Kier molecular flexibility index (Phi) is 3.12. The Labute approximate surface area is 119 Å². The van der Waals surface area contributed by atoms with E-state index in [-0.39, 0.29) is 11.3 Å². The molecule has 102 valence electrons. The molecule has 0 radical (unpaired) electrons. The summed E-state index contributed by atoms with van der Waals surface area (Å²) in [5.74, 6) is 0.629. The van der Waals surface area contributed by atoms with Gasteiger partial charge in [0.2, 0.25) is 5.91 Å². The van der Waals surface area contributed by atoms with Gasteiger partial charge in [-0.3, -0.25) is 4.79 Å². The van der Waals surface area contributed by atoms with Gasteiger partial charge in [0.15, 0.2) is 0 Å². The zero-order valence-corrected chi connectivity index (χ0v) is 12.6. The number of benzene rings is 1. The molecule has 0 spiro atoms. The zero-order chi connectivity index (χ0) is 13.6. The lowest BCUT2D eigenvalue weighted by atomic mass is 9.59. The van der Waals surface area contributed by atoms with Gasteiger partial charge in [-0.2, -0.15) is 0 Å². The van der Waals surface area contributed by atoms with Crippen LogP contribution in [0.25, 0.3) is 0 Å². The van der Waals surface area contributed by atoms with Crippen molar-refractivity contribution in [3.8, 4) is 0 Å². The van der Waals surface area contributed by atoms with Crippen LogP contribution >= 0.6 is 11.8 Å². The smallest absolute Gasteiger partial charge is 0.220 e. The molecule has 1 amide bonds. The summed E-state index contributed by atoms with van der Waals surface area (Å²) in [6.45, 7) is 4.56. The molecule has 0 saturated carbocycles. The minimum atomic E-state index is 0.0957. The predicted molar refractivity (Wildman–Crippen MR) is 79.6 cm³/mol. The Hall–Kier alpha value is -0.960. The lowest BCUT2D eigenvalue weighted by Gasteiger charge is -2.50. The van der Waals surface area contributed by atoms with Crippen molar-refractivity contribution in [1.82, 2.24) is 5.32 Å². The molecule has 1 aromatic rings. The summed E-state index contributed by atoms with van der Waals surface area (Å²) in [6.07, 6.45) is 4.92. The van der Waals surface area contributed by atoms with E-state index in [0.717, 1.165) is 12.8 Å². The number of amides is 1. The molecule has 3 atom stereocenters. The molecule has 0 bridgehead atoms. The first kappa shape index (κ1) is 13.0. The molecule has 2 nitrogen and oxygen atoms in total. The standard InChI is InChI=1S/C16H21NOS/c1-10-8-15(18)17-14-7-4-11-9-12(19-3)5-6-13(11)16(10,14)2/h5-6,9-10,14H,4,7-8H2,1-3H3,(H,17,18). The topological polar surface area (TPSA) is 29.1 Å². The molecule has 19 heavy (non-hydrogen) atoms. The quantitative estimate of drug-likeness (QED) is 0.798. The van der Waals surface area contributed by atoms with Crippen LogP contribution in [0.1, 0.15) is 37.8 Å². The van der Waals surface area contributed by atoms with E-state index >= 15 is 0 Å². The van der Waals surface area contributed by atoms with Crippen LogP contribution < -0.4 is 5.32 Å². The number of nitrogens with one attached hydrogen (secondary N) is 1. The van der Waals surface area contributed by atoms with E-state index in [9.17, 15) is 4.79 Å². The van der Waals surface area contributed by atoms with Gasteiger partial charge in [0.05, 0.1) is 0 Å². The Balaban J connectivity index is 2.08. The van der Waals surface area contributed by atoms with Crippen molar-refractivity contribution in [2.45, 2.75) is 49.5 Å². The van der Waals surface area contributed by atoms with Gasteiger partial charge in [-0.25, -0.2) is 0 Å². The average Bonchev–Trinajstić information content (AvgIpc) is 2.40. The van der Waals surface area contributed by atoms with Gasteiger partial charge >= 0.3 is 0 Å². The summed E-state index contributed by atoms with van der Waals surface area (Å²) >= 11 is 1.80. The largest absolute Gasteiger partial charge is 0.352 e. The highest BCUT2D eigenvalue weighted by atomic mass is 32.2. The summed E-state index contributed by atoms with van der Waals surface area (Å²) < 4.78 is 0. The van der Waals surface area contributed by atoms with Crippen LogP contribution in [0, 0.1) is 5.92 Å². The number of rotatable bonds is 1. The van der Waals surface area contributed by atoms with Gasteiger partial charge in [-0.15, -0.1) is 11.8 Å². The first-order valence-electron chi connectivity index (χ1n) is 7.02. The molecule has 1 fully saturated rings. The van der Waals surface area contributed by atoms with E-state index in [4.69, 9.17) is 0 Å². The maximum atomic E-state index is 11.8. The Morgan fingerprint density at radius 3 is 2.95 bits per heavy atom. The fraction of sp³-hybridized carbons (Fsp3) is 0.562. The van der Waals surface area contributed by atoms with Crippen LogP contribution in [0.2, 0.25) is 0 Å². The normalized spacial score (nSPS) is 33.3. The molecule has 2 aliphatic rings. The SMILES string of the molecule is CSc1ccc2c(c1)CCC1NC(=O)CC(C)C21C. The van der Waals surface area contributed by atoms with E-state index in [1.54, 1.807) is 11.8 Å². The minimum absolute atomic E-state index is 0.0957. The van der Waals surface area contributed by atoms with Crippen molar-refractivity contribution in [1.29, 1.82) is 0 Å². The second kappa shape index (κ2) is 4.55. The van der Waals surface area contributed by atoms with Crippen molar-refractivity contribution < 1.29 is 4.79 Å². The highest BCUT2D eigenvalue weighted by Crippen LogP contribution is 2.46. The molecule has 1 aliphatic carbocycles. The summed E-state index contributed by atoms with van der Waals surface area (Å²) in [4.78, 5) is 13.1. The predicted octanol–water partition coefficient (Wildman–Crippen LogP) is 3.14. The van der Waals surface area contributed by atoms with Crippen molar-refractivity contribution in [2.75, 3.05) is 6.26 Å². The summed E-state index contributed by atoms with van der Waals surface area (Å²) in [5, 5.41) is 3.21. The summed E-state index contributed by atoms with van der Waals surface area (Å²) in [6, 6.07) is 7.16. The fourth-order valence-electron chi connectivity index (χ4n) is 3.79. The molecular weight excluding hydrogens is 254 g/mol. The average molecular weight is 275 g/mol. The van der Waals surface area contributed by atoms with E-state index in [1.165, 1.54) is 16.0 Å². The number of fused-ring (bicyclic) bond motifs is 3. The van der Waals surface area contributed by atoms with Crippen LogP contribution in [0.5, 0.6) is 0 Å². The van der Waals surface area contributed by atoms with Crippen LogP contribution in [-0.4, -0.2) is 18.2 Å². The summed E-state index contributed by atoms with van der Waals surface area (Å²) in [7, 11) is 0. The molecular formula is C16H21NOS. The number of aryl methyl sites for hydroxylation is 1. The zero-order valence-electron chi connectivity index (χ0n) is 11.8. The molecule has 3 unspecified atom stereocenters. The second-order valence-electron chi connectivity index (χ2n) is 6.07. The maximum absolute atomic E-state index is 11.8. The first-order valence-corrected chi connectivity index (χ1v) is 8.25. The molecule has 0 aromatic heterocycles. The van der Waals surface area contributed by atoms with Gasteiger partial charge in [0.25, 0.3) is 0 Å². The Morgan fingerprint density at radius 2 is 2.21 bits per heavy atom. The van der Waals surface area contributed by atoms with Crippen molar-refractivity contribution in [3.05, 3.63) is 29.3 Å². The lowest BCUT2D eigenvalue weighted by Crippen LogP contribution is -2.59. The third-order valence-corrected chi connectivity index (χ3v) is 5.89. The third kappa shape index (κ3) is 1.90. The van der Waals surface area contributed by atoms with E-state index < -0.39 is 0 Å². The molecule has 3 heteroatoms. The monoisotopic (exact) mass is 275 g/mol. The number of carbonyl (C=O) groups excluding carboxylic acids is 1. The van der Waals surface area contributed by atoms with E-state index in [0.29, 0.717) is 18.4 Å². The Bertz CT molecular complexity index is 527. The number of thioether (sulfide) groups is 1. The fourth-order valence-corrected chi connectivity index (χ4v) is 4.26. The van der Waals surface area contributed by atoms with Crippen LogP contribution in [0.3, 0.4) is 0 Å². The van der Waals surface area contributed by atoms with Crippen molar-refractivity contribution >= 4 is 17.7 Å². The second-order valence-corrected chi connectivity index (χ2v) is 6.95. The molecule has 1 N–H and O–H groups in total. The van der Waals surface area contributed by atoms with Crippen LogP contribution in [0.15, 0.2) is 23.1 Å². The first-order chi connectivity index (χ1) is 9.05. The van der Waals surface area contributed by atoms with Crippen LogP contribution in [-0.2, 0) is 16.6 Å². The highest BCUT2D eigenvalue weighted by molar-refractivity contribution is 7.98. The molecule has 1 aromatic carbocycles. The lowest BCUT2D eigenvalue weighted by molar-refractivity contribution is -0.127. The van der Waals surface area contributed by atoms with Crippen molar-refractivity contribution in [2.24, 2.45) is 5.92 Å². The number of carbonyl (C=O) groups is 1. The maximum Gasteiger partial charge on any atom is 0.220 e. The minimum Gasteiger partial charge on any atom is -0.352 e.